The lowest BCUT2D eigenvalue weighted by Crippen LogP contribution is -2.44. The summed E-state index contributed by atoms with van der Waals surface area (Å²) in [6.07, 6.45) is 0. The van der Waals surface area contributed by atoms with E-state index in [0.29, 0.717) is 15.7 Å². The van der Waals surface area contributed by atoms with Crippen LogP contribution in [0.5, 0.6) is 0 Å². The molecule has 84 valence electrons. The summed E-state index contributed by atoms with van der Waals surface area (Å²) >= 11 is 3.15. The average Bonchev–Trinajstić information content (AvgIpc) is 2.33. The fourth-order valence-electron chi connectivity index (χ4n) is 1.83. The van der Waals surface area contributed by atoms with Crippen LogP contribution in [0.2, 0.25) is 0 Å². The number of anilines is 1. The van der Waals surface area contributed by atoms with Gasteiger partial charge in [-0.2, -0.15) is 5.26 Å². The van der Waals surface area contributed by atoms with Crippen LogP contribution in [0.4, 0.5) is 10.1 Å². The minimum Gasteiger partial charge on any atom is -0.366 e. The lowest BCUT2D eigenvalue weighted by Gasteiger charge is -2.30. The van der Waals surface area contributed by atoms with E-state index < -0.39 is 0 Å². The van der Waals surface area contributed by atoms with E-state index >= 15 is 0 Å². The first kappa shape index (κ1) is 11.4. The van der Waals surface area contributed by atoms with Gasteiger partial charge in [0.2, 0.25) is 0 Å². The van der Waals surface area contributed by atoms with Crippen molar-refractivity contribution in [1.29, 1.82) is 5.26 Å². The number of benzene rings is 1. The molecule has 1 aliphatic heterocycles. The predicted octanol–water partition coefficient (Wildman–Crippen LogP) is 1.87. The van der Waals surface area contributed by atoms with E-state index in [9.17, 15) is 4.39 Å². The van der Waals surface area contributed by atoms with E-state index in [1.165, 1.54) is 0 Å². The van der Waals surface area contributed by atoms with Crippen LogP contribution in [0, 0.1) is 17.1 Å². The molecule has 1 fully saturated rings. The molecule has 5 heteroatoms. The van der Waals surface area contributed by atoms with Crippen molar-refractivity contribution < 1.29 is 4.39 Å². The molecule has 0 atom stereocenters. The molecule has 1 aliphatic rings. The molecule has 16 heavy (non-hydrogen) atoms. The number of hydrogen-bond donors (Lipinski definition) is 1. The van der Waals surface area contributed by atoms with Gasteiger partial charge in [0.05, 0.1) is 15.7 Å². The predicted molar refractivity (Wildman–Crippen MR) is 63.9 cm³/mol. The fourth-order valence-corrected chi connectivity index (χ4v) is 2.15. The monoisotopic (exact) mass is 283 g/mol. The van der Waals surface area contributed by atoms with E-state index in [1.54, 1.807) is 12.1 Å². The second-order valence-corrected chi connectivity index (χ2v) is 4.46. The Balaban J connectivity index is 2.44. The van der Waals surface area contributed by atoms with Crippen molar-refractivity contribution in [3.8, 4) is 6.07 Å². The Labute approximate surface area is 102 Å². The summed E-state index contributed by atoms with van der Waals surface area (Å²) in [7, 11) is 0. The van der Waals surface area contributed by atoms with Crippen molar-refractivity contribution in [2.45, 2.75) is 0 Å². The molecule has 1 aromatic rings. The van der Waals surface area contributed by atoms with Gasteiger partial charge in [-0.05, 0) is 28.1 Å². The van der Waals surface area contributed by atoms with Crippen molar-refractivity contribution in [3.63, 3.8) is 0 Å². The Hall–Kier alpha value is -1.12. The third-order valence-corrected chi connectivity index (χ3v) is 3.24. The lowest BCUT2D eigenvalue weighted by molar-refractivity contribution is 0.563. The van der Waals surface area contributed by atoms with Crippen molar-refractivity contribution in [1.82, 2.24) is 5.32 Å². The lowest BCUT2D eigenvalue weighted by atomic mass is 10.1. The average molecular weight is 284 g/mol. The zero-order valence-corrected chi connectivity index (χ0v) is 10.2. The van der Waals surface area contributed by atoms with Gasteiger partial charge in [0.15, 0.2) is 5.82 Å². The van der Waals surface area contributed by atoms with Crippen LogP contribution in [0.25, 0.3) is 0 Å². The molecule has 1 aromatic carbocycles. The van der Waals surface area contributed by atoms with Crippen molar-refractivity contribution in [2.75, 3.05) is 31.1 Å². The third kappa shape index (κ3) is 2.04. The van der Waals surface area contributed by atoms with Crippen molar-refractivity contribution >= 4 is 21.6 Å². The maximum absolute atomic E-state index is 14.0. The van der Waals surface area contributed by atoms with Gasteiger partial charge < -0.3 is 10.2 Å². The Kier molecular flexibility index (Phi) is 3.42. The fraction of sp³-hybridized carbons (Fsp3) is 0.364. The minimum absolute atomic E-state index is 0.346. The van der Waals surface area contributed by atoms with Crippen LogP contribution in [0.1, 0.15) is 5.56 Å². The zero-order valence-electron chi connectivity index (χ0n) is 8.63. The molecule has 1 saturated heterocycles. The highest BCUT2D eigenvalue weighted by atomic mass is 79.9. The van der Waals surface area contributed by atoms with Gasteiger partial charge in [-0.3, -0.25) is 0 Å². The summed E-state index contributed by atoms with van der Waals surface area (Å²) in [5.74, 6) is -0.346. The maximum Gasteiger partial charge on any atom is 0.162 e. The van der Waals surface area contributed by atoms with Crippen LogP contribution >= 0.6 is 15.9 Å². The summed E-state index contributed by atoms with van der Waals surface area (Å²) in [5.41, 5.74) is 0.806. The number of nitriles is 1. The summed E-state index contributed by atoms with van der Waals surface area (Å²) in [6, 6.07) is 5.25. The van der Waals surface area contributed by atoms with Crippen LogP contribution < -0.4 is 10.2 Å². The van der Waals surface area contributed by atoms with E-state index in [4.69, 9.17) is 5.26 Å². The van der Waals surface area contributed by atoms with Crippen LogP contribution in [-0.2, 0) is 0 Å². The zero-order chi connectivity index (χ0) is 11.5. The number of rotatable bonds is 1. The van der Waals surface area contributed by atoms with Gasteiger partial charge in [0, 0.05) is 26.2 Å². The number of piperazine rings is 1. The second-order valence-electron chi connectivity index (χ2n) is 3.61. The Morgan fingerprint density at radius 1 is 1.38 bits per heavy atom. The molecule has 0 saturated carbocycles. The summed E-state index contributed by atoms with van der Waals surface area (Å²) in [5, 5.41) is 12.2. The standard InChI is InChI=1S/C11H11BrFN3/c12-9-2-1-8(7-14)11(10(9)13)16-5-3-15-4-6-16/h1-2,15H,3-6H2. The highest BCUT2D eigenvalue weighted by Crippen LogP contribution is 2.29. The molecule has 0 bridgehead atoms. The largest absolute Gasteiger partial charge is 0.366 e. The first-order chi connectivity index (χ1) is 7.74. The Bertz CT molecular complexity index is 436. The molecule has 1 N–H and O–H groups in total. The summed E-state index contributed by atoms with van der Waals surface area (Å²) in [4.78, 5) is 1.91. The van der Waals surface area contributed by atoms with Gasteiger partial charge in [0.25, 0.3) is 0 Å². The van der Waals surface area contributed by atoms with Gasteiger partial charge in [-0.1, -0.05) is 0 Å². The smallest absolute Gasteiger partial charge is 0.162 e. The minimum atomic E-state index is -0.346. The van der Waals surface area contributed by atoms with Gasteiger partial charge in [0.1, 0.15) is 6.07 Å². The molecule has 1 heterocycles. The molecule has 0 amide bonds. The number of nitrogens with one attached hydrogen (secondary N) is 1. The normalized spacial score (nSPS) is 15.9. The number of hydrogen-bond acceptors (Lipinski definition) is 3. The maximum atomic E-state index is 14.0. The summed E-state index contributed by atoms with van der Waals surface area (Å²) in [6.45, 7) is 3.08. The molecule has 3 nitrogen and oxygen atoms in total. The second kappa shape index (κ2) is 4.81. The molecule has 0 aliphatic carbocycles. The van der Waals surface area contributed by atoms with Crippen LogP contribution in [0.3, 0.4) is 0 Å². The molecule has 2 rings (SSSR count). The first-order valence-electron chi connectivity index (χ1n) is 5.08. The molecular formula is C11H11BrFN3. The quantitative estimate of drug-likeness (QED) is 0.855. The molecule has 0 radical (unpaired) electrons. The molecule has 0 aromatic heterocycles. The summed E-state index contributed by atoms with van der Waals surface area (Å²) < 4.78 is 14.4. The van der Waals surface area contributed by atoms with Gasteiger partial charge in [-0.15, -0.1) is 0 Å². The van der Waals surface area contributed by atoms with E-state index in [2.05, 4.69) is 21.2 Å². The number of halogens is 2. The van der Waals surface area contributed by atoms with Crippen LogP contribution in [-0.4, -0.2) is 26.2 Å². The topological polar surface area (TPSA) is 39.1 Å². The SMILES string of the molecule is N#Cc1ccc(Br)c(F)c1N1CCNCC1. The van der Waals surface area contributed by atoms with Crippen molar-refractivity contribution in [3.05, 3.63) is 28.0 Å². The van der Waals surface area contributed by atoms with Crippen LogP contribution in [0.15, 0.2) is 16.6 Å². The Morgan fingerprint density at radius 3 is 2.69 bits per heavy atom. The van der Waals surface area contributed by atoms with Gasteiger partial charge in [-0.25, -0.2) is 4.39 Å². The number of nitrogens with zero attached hydrogens (tertiary/aromatic N) is 2. The highest BCUT2D eigenvalue weighted by molar-refractivity contribution is 9.10. The van der Waals surface area contributed by atoms with Crippen molar-refractivity contribution in [2.24, 2.45) is 0 Å². The van der Waals surface area contributed by atoms with E-state index in [1.807, 2.05) is 11.0 Å². The third-order valence-electron chi connectivity index (χ3n) is 2.62. The highest BCUT2D eigenvalue weighted by Gasteiger charge is 2.20. The molecular weight excluding hydrogens is 273 g/mol. The molecule has 0 unspecified atom stereocenters. The van der Waals surface area contributed by atoms with Gasteiger partial charge >= 0.3 is 0 Å². The van der Waals surface area contributed by atoms with E-state index in [0.717, 1.165) is 26.2 Å². The Morgan fingerprint density at radius 2 is 2.06 bits per heavy atom. The van der Waals surface area contributed by atoms with E-state index in [-0.39, 0.29) is 5.82 Å². The first-order valence-corrected chi connectivity index (χ1v) is 5.87. The molecule has 0 spiro atoms.